The van der Waals surface area contributed by atoms with Crippen molar-refractivity contribution >= 4 is 23.5 Å². The molecule has 2 nitrogen and oxygen atoms in total. The molecule has 1 rings (SSSR count). The fourth-order valence-corrected chi connectivity index (χ4v) is 1.03. The van der Waals surface area contributed by atoms with Crippen LogP contribution in [0.1, 0.15) is 12.5 Å². The van der Waals surface area contributed by atoms with Crippen LogP contribution in [0, 0.1) is 0 Å². The van der Waals surface area contributed by atoms with Crippen molar-refractivity contribution in [1.82, 2.24) is 0 Å². The second-order valence-electron chi connectivity index (χ2n) is 2.65. The van der Waals surface area contributed by atoms with Gasteiger partial charge >= 0.3 is 0 Å². The lowest BCUT2D eigenvalue weighted by Crippen LogP contribution is -1.80. The van der Waals surface area contributed by atoms with Crippen LogP contribution in [0.15, 0.2) is 24.3 Å². The van der Waals surface area contributed by atoms with E-state index in [2.05, 4.69) is 0 Å². The highest BCUT2D eigenvalue weighted by molar-refractivity contribution is 6.30. The first-order valence-electron chi connectivity index (χ1n) is 3.77. The molecule has 0 aromatic heterocycles. The lowest BCUT2D eigenvalue weighted by molar-refractivity contribution is -0.112. The van der Waals surface area contributed by atoms with E-state index >= 15 is 0 Å². The molecule has 0 saturated carbocycles. The maximum absolute atomic E-state index is 10.6. The van der Waals surface area contributed by atoms with E-state index in [1.54, 1.807) is 18.2 Å². The Morgan fingerprint density at radius 1 is 1.54 bits per heavy atom. The average Bonchev–Trinajstić information content (AvgIpc) is 2.02. The summed E-state index contributed by atoms with van der Waals surface area (Å²) in [6.07, 6.45) is 2.94. The van der Waals surface area contributed by atoms with Gasteiger partial charge in [-0.3, -0.25) is 4.79 Å². The largest absolute Gasteiger partial charge is 0.507 e. The number of halogens is 1. The summed E-state index contributed by atoms with van der Waals surface area (Å²) >= 11 is 5.63. The van der Waals surface area contributed by atoms with Crippen LogP contribution in [0.2, 0.25) is 5.02 Å². The van der Waals surface area contributed by atoms with Gasteiger partial charge in [-0.1, -0.05) is 11.6 Å². The molecular weight excluding hydrogens is 188 g/mol. The van der Waals surface area contributed by atoms with Gasteiger partial charge in [-0.15, -0.1) is 0 Å². The van der Waals surface area contributed by atoms with Gasteiger partial charge in [-0.2, -0.15) is 0 Å². The number of carbonyl (C=O) groups excluding carboxylic acids is 1. The molecule has 1 aromatic rings. The van der Waals surface area contributed by atoms with Crippen molar-refractivity contribution in [1.29, 1.82) is 0 Å². The zero-order valence-electron chi connectivity index (χ0n) is 7.12. The molecule has 1 N–H and O–H groups in total. The molecule has 0 fully saturated rings. The van der Waals surface area contributed by atoms with Crippen LogP contribution in [0.25, 0.3) is 6.08 Å². The van der Waals surface area contributed by atoms with E-state index in [4.69, 9.17) is 11.6 Å². The Morgan fingerprint density at radius 2 is 2.23 bits per heavy atom. The second kappa shape index (κ2) is 4.10. The SMILES string of the molecule is CC(=O)/C=C/c1ccc(Cl)cc1O. The lowest BCUT2D eigenvalue weighted by Gasteiger charge is -1.98. The molecule has 3 heteroatoms. The van der Waals surface area contributed by atoms with Crippen LogP contribution >= 0.6 is 11.6 Å². The van der Waals surface area contributed by atoms with E-state index in [0.29, 0.717) is 10.6 Å². The van der Waals surface area contributed by atoms with E-state index in [1.165, 1.54) is 19.1 Å². The van der Waals surface area contributed by atoms with Gasteiger partial charge in [0.2, 0.25) is 0 Å². The van der Waals surface area contributed by atoms with Crippen LogP contribution in [-0.2, 0) is 4.79 Å². The Bertz CT molecular complexity index is 356. The number of hydrogen-bond donors (Lipinski definition) is 1. The molecule has 0 saturated heterocycles. The molecule has 68 valence electrons. The maximum atomic E-state index is 10.6. The predicted octanol–water partition coefficient (Wildman–Crippen LogP) is 2.65. The molecule has 0 heterocycles. The number of hydrogen-bond acceptors (Lipinski definition) is 2. The van der Waals surface area contributed by atoms with Crippen LogP contribution in [0.5, 0.6) is 5.75 Å². The van der Waals surface area contributed by atoms with E-state index in [0.717, 1.165) is 0 Å². The number of rotatable bonds is 2. The van der Waals surface area contributed by atoms with Gasteiger partial charge in [0.1, 0.15) is 5.75 Å². The maximum Gasteiger partial charge on any atom is 0.152 e. The van der Waals surface area contributed by atoms with Crippen LogP contribution in [-0.4, -0.2) is 10.9 Å². The van der Waals surface area contributed by atoms with Gasteiger partial charge < -0.3 is 5.11 Å². The topological polar surface area (TPSA) is 37.3 Å². The van der Waals surface area contributed by atoms with E-state index < -0.39 is 0 Å². The molecule has 0 aliphatic rings. The van der Waals surface area contributed by atoms with Gasteiger partial charge in [0.05, 0.1) is 0 Å². The zero-order valence-corrected chi connectivity index (χ0v) is 7.88. The third kappa shape index (κ3) is 2.92. The van der Waals surface area contributed by atoms with Gasteiger partial charge in [0.15, 0.2) is 5.78 Å². The molecule has 0 atom stereocenters. The number of ketones is 1. The summed E-state index contributed by atoms with van der Waals surface area (Å²) in [6.45, 7) is 1.45. The minimum Gasteiger partial charge on any atom is -0.507 e. The van der Waals surface area contributed by atoms with Crippen molar-refractivity contribution < 1.29 is 9.90 Å². The molecule has 0 spiro atoms. The predicted molar refractivity (Wildman–Crippen MR) is 52.8 cm³/mol. The summed E-state index contributed by atoms with van der Waals surface area (Å²) in [5, 5.41) is 9.83. The standard InChI is InChI=1S/C10H9ClO2/c1-7(12)2-3-8-4-5-9(11)6-10(8)13/h2-6,13H,1H3/b3-2+. The average molecular weight is 197 g/mol. The van der Waals surface area contributed by atoms with E-state index in [1.807, 2.05) is 0 Å². The first-order valence-corrected chi connectivity index (χ1v) is 4.14. The van der Waals surface area contributed by atoms with Gasteiger partial charge in [0.25, 0.3) is 0 Å². The van der Waals surface area contributed by atoms with Crippen molar-refractivity contribution in [2.24, 2.45) is 0 Å². The first-order chi connectivity index (χ1) is 6.09. The van der Waals surface area contributed by atoms with Crippen molar-refractivity contribution in [3.05, 3.63) is 34.9 Å². The summed E-state index contributed by atoms with van der Waals surface area (Å²) in [5.74, 6) is 0.0133. The monoisotopic (exact) mass is 196 g/mol. The van der Waals surface area contributed by atoms with Crippen molar-refractivity contribution in [3.8, 4) is 5.75 Å². The number of phenols is 1. The molecule has 0 bridgehead atoms. The van der Waals surface area contributed by atoms with Crippen molar-refractivity contribution in [2.45, 2.75) is 6.92 Å². The summed E-state index contributed by atoms with van der Waals surface area (Å²) in [4.78, 5) is 10.6. The smallest absolute Gasteiger partial charge is 0.152 e. The van der Waals surface area contributed by atoms with Gasteiger partial charge in [0, 0.05) is 10.6 Å². The molecule has 0 aliphatic carbocycles. The number of phenolic OH excluding ortho intramolecular Hbond substituents is 1. The summed E-state index contributed by atoms with van der Waals surface area (Å²) in [7, 11) is 0. The van der Waals surface area contributed by atoms with Gasteiger partial charge in [-0.05, 0) is 37.3 Å². The third-order valence-corrected chi connectivity index (χ3v) is 1.73. The molecule has 1 aromatic carbocycles. The molecule has 0 unspecified atom stereocenters. The first kappa shape index (κ1) is 9.81. The highest BCUT2D eigenvalue weighted by atomic mass is 35.5. The van der Waals surface area contributed by atoms with Gasteiger partial charge in [-0.25, -0.2) is 0 Å². The lowest BCUT2D eigenvalue weighted by atomic mass is 10.2. The van der Waals surface area contributed by atoms with E-state index in [9.17, 15) is 9.90 Å². The number of allylic oxidation sites excluding steroid dienone is 1. The third-order valence-electron chi connectivity index (χ3n) is 1.49. The van der Waals surface area contributed by atoms with Crippen LogP contribution in [0.3, 0.4) is 0 Å². The quantitative estimate of drug-likeness (QED) is 0.739. The van der Waals surface area contributed by atoms with Crippen LogP contribution in [0.4, 0.5) is 0 Å². The molecule has 0 aliphatic heterocycles. The molecule has 13 heavy (non-hydrogen) atoms. The van der Waals surface area contributed by atoms with E-state index in [-0.39, 0.29) is 11.5 Å². The minimum atomic E-state index is -0.0608. The zero-order chi connectivity index (χ0) is 9.84. The fraction of sp³-hybridized carbons (Fsp3) is 0.100. The highest BCUT2D eigenvalue weighted by Crippen LogP contribution is 2.22. The summed E-state index contributed by atoms with van der Waals surface area (Å²) in [6, 6.07) is 4.74. The number of aromatic hydroxyl groups is 1. The molecular formula is C10H9ClO2. The normalized spacial score (nSPS) is 10.6. The van der Waals surface area contributed by atoms with Crippen molar-refractivity contribution in [3.63, 3.8) is 0 Å². The van der Waals surface area contributed by atoms with Crippen molar-refractivity contribution in [2.75, 3.05) is 0 Å². The molecule has 0 radical (unpaired) electrons. The Balaban J connectivity index is 2.96. The summed E-state index contributed by atoms with van der Waals surface area (Å²) < 4.78 is 0. The Morgan fingerprint density at radius 3 is 2.77 bits per heavy atom. The Kier molecular flexibility index (Phi) is 3.09. The molecule has 0 amide bonds. The number of benzene rings is 1. The fourth-order valence-electron chi connectivity index (χ4n) is 0.865. The summed E-state index contributed by atoms with van der Waals surface area (Å²) in [5.41, 5.74) is 0.583. The van der Waals surface area contributed by atoms with Crippen LogP contribution < -0.4 is 0 Å². The number of carbonyl (C=O) groups is 1. The highest BCUT2D eigenvalue weighted by Gasteiger charge is 1.97. The Hall–Kier alpha value is -1.28. The Labute approximate surface area is 81.5 Å². The minimum absolute atomic E-state index is 0.0608. The second-order valence-corrected chi connectivity index (χ2v) is 3.08.